The van der Waals surface area contributed by atoms with Gasteiger partial charge >= 0.3 is 15.6 Å². The van der Waals surface area contributed by atoms with Gasteiger partial charge < -0.3 is 24.2 Å². The van der Waals surface area contributed by atoms with E-state index in [0.29, 0.717) is 13.0 Å². The first-order valence-electron chi connectivity index (χ1n) is 8.36. The zero-order valence-corrected chi connectivity index (χ0v) is 16.9. The summed E-state index contributed by atoms with van der Waals surface area (Å²) >= 11 is 0. The van der Waals surface area contributed by atoms with Crippen LogP contribution < -0.4 is 0 Å². The highest BCUT2D eigenvalue weighted by Crippen LogP contribution is 2.57. The minimum absolute atomic E-state index is 0.115. The number of ether oxygens (including phenoxy) is 2. The van der Waals surface area contributed by atoms with E-state index in [1.807, 2.05) is 13.8 Å². The van der Waals surface area contributed by atoms with Gasteiger partial charge in [0.1, 0.15) is 0 Å². The monoisotopic (exact) mass is 414 g/mol. The number of allylic oxidation sites excluding steroid dienone is 2. The predicted octanol–water partition coefficient (Wildman–Crippen LogP) is 3.43. The van der Waals surface area contributed by atoms with Gasteiger partial charge in [-0.15, -0.1) is 0 Å². The van der Waals surface area contributed by atoms with Crippen molar-refractivity contribution >= 4 is 15.6 Å². The van der Waals surface area contributed by atoms with Crippen LogP contribution in [0.3, 0.4) is 0 Å². The standard InChI is InChI=1S/C15H28O9P2/c1-13(9-11-23-26(19,20)24-25(16,17)18)6-5-7-14(2)12-22-15-8-3-4-10-21-15/h7,9,15H,3-6,8,10-12H2,1-2H3,(H,19,20)(H2,16,17,18)/b13-9+,14-7+. The van der Waals surface area contributed by atoms with Gasteiger partial charge in [-0.2, -0.15) is 4.31 Å². The fourth-order valence-corrected chi connectivity index (χ4v) is 3.73. The van der Waals surface area contributed by atoms with Crippen molar-refractivity contribution in [3.8, 4) is 0 Å². The summed E-state index contributed by atoms with van der Waals surface area (Å²) in [5.74, 6) is 0. The summed E-state index contributed by atoms with van der Waals surface area (Å²) in [6, 6.07) is 0. The molecular formula is C15H28O9P2. The Labute approximate surface area is 153 Å². The molecule has 11 heteroatoms. The lowest BCUT2D eigenvalue weighted by molar-refractivity contribution is -0.156. The van der Waals surface area contributed by atoms with Crippen molar-refractivity contribution in [1.29, 1.82) is 0 Å². The van der Waals surface area contributed by atoms with Crippen LogP contribution in [-0.4, -0.2) is 40.8 Å². The van der Waals surface area contributed by atoms with Gasteiger partial charge in [-0.1, -0.05) is 23.3 Å². The molecule has 1 fully saturated rings. The summed E-state index contributed by atoms with van der Waals surface area (Å²) in [4.78, 5) is 26.1. The lowest BCUT2D eigenvalue weighted by atomic mass is 10.1. The smallest absolute Gasteiger partial charge is 0.353 e. The summed E-state index contributed by atoms with van der Waals surface area (Å²) in [5, 5.41) is 0. The number of hydrogen-bond donors (Lipinski definition) is 3. The van der Waals surface area contributed by atoms with E-state index >= 15 is 0 Å². The first-order valence-corrected chi connectivity index (χ1v) is 11.4. The molecule has 1 aliphatic rings. The molecule has 1 aliphatic heterocycles. The Balaban J connectivity index is 2.25. The molecule has 1 rings (SSSR count). The van der Waals surface area contributed by atoms with E-state index in [-0.39, 0.29) is 12.9 Å². The fourth-order valence-electron chi connectivity index (χ4n) is 2.21. The van der Waals surface area contributed by atoms with E-state index in [0.717, 1.165) is 43.4 Å². The molecule has 9 nitrogen and oxygen atoms in total. The van der Waals surface area contributed by atoms with Crippen LogP contribution in [0.15, 0.2) is 23.3 Å². The van der Waals surface area contributed by atoms with E-state index in [1.165, 1.54) is 0 Å². The van der Waals surface area contributed by atoms with E-state index in [1.54, 1.807) is 6.08 Å². The molecule has 1 heterocycles. The Kier molecular flexibility index (Phi) is 10.5. The summed E-state index contributed by atoms with van der Waals surface area (Å²) in [7, 11) is -9.87. The quantitative estimate of drug-likeness (QED) is 0.344. The van der Waals surface area contributed by atoms with Crippen LogP contribution in [0.5, 0.6) is 0 Å². The number of hydrogen-bond acceptors (Lipinski definition) is 6. The molecule has 1 saturated heterocycles. The number of phosphoric ester groups is 1. The highest BCUT2D eigenvalue weighted by molar-refractivity contribution is 7.60. The van der Waals surface area contributed by atoms with Crippen molar-refractivity contribution < 1.29 is 42.1 Å². The summed E-state index contributed by atoms with van der Waals surface area (Å²) in [6.07, 6.45) is 8.09. The fraction of sp³-hybridized carbons (Fsp3) is 0.733. The largest absolute Gasteiger partial charge is 0.481 e. The van der Waals surface area contributed by atoms with Crippen LogP contribution in [0.25, 0.3) is 0 Å². The van der Waals surface area contributed by atoms with Gasteiger partial charge in [-0.25, -0.2) is 9.13 Å². The Morgan fingerprint density at radius 3 is 2.50 bits per heavy atom. The zero-order valence-electron chi connectivity index (χ0n) is 15.1. The molecule has 0 amide bonds. The molecule has 26 heavy (non-hydrogen) atoms. The third-order valence-corrected chi connectivity index (χ3v) is 5.70. The van der Waals surface area contributed by atoms with Crippen molar-refractivity contribution in [2.24, 2.45) is 0 Å². The molecule has 0 saturated carbocycles. The first-order chi connectivity index (χ1) is 12.1. The van der Waals surface area contributed by atoms with Crippen LogP contribution in [0.4, 0.5) is 0 Å². The maximum Gasteiger partial charge on any atom is 0.481 e. The van der Waals surface area contributed by atoms with Crippen molar-refractivity contribution in [1.82, 2.24) is 0 Å². The topological polar surface area (TPSA) is 132 Å². The third kappa shape index (κ3) is 12.1. The van der Waals surface area contributed by atoms with Crippen LogP contribution >= 0.6 is 15.6 Å². The second kappa shape index (κ2) is 11.5. The molecule has 0 radical (unpaired) electrons. The molecule has 0 aromatic carbocycles. The molecule has 0 aromatic heterocycles. The third-order valence-electron chi connectivity index (χ3n) is 3.55. The average Bonchev–Trinajstić information content (AvgIpc) is 2.51. The van der Waals surface area contributed by atoms with Crippen LogP contribution in [0.1, 0.15) is 46.0 Å². The van der Waals surface area contributed by atoms with Gasteiger partial charge in [0.2, 0.25) is 0 Å². The van der Waals surface area contributed by atoms with Crippen LogP contribution in [0.2, 0.25) is 0 Å². The van der Waals surface area contributed by atoms with Crippen molar-refractivity contribution in [3.05, 3.63) is 23.3 Å². The highest BCUT2D eigenvalue weighted by Gasteiger charge is 2.31. The normalized spacial score (nSPS) is 22.3. The van der Waals surface area contributed by atoms with Crippen LogP contribution in [0, 0.1) is 0 Å². The summed E-state index contributed by atoms with van der Waals surface area (Å²) in [5.41, 5.74) is 2.00. The molecule has 3 N–H and O–H groups in total. The van der Waals surface area contributed by atoms with E-state index in [9.17, 15) is 9.13 Å². The maximum absolute atomic E-state index is 11.3. The van der Waals surface area contributed by atoms with E-state index in [2.05, 4.69) is 14.9 Å². The number of phosphoric acid groups is 2. The second-order valence-corrected chi connectivity index (χ2v) is 8.91. The van der Waals surface area contributed by atoms with Gasteiger partial charge in [0, 0.05) is 6.61 Å². The van der Waals surface area contributed by atoms with E-state index in [4.69, 9.17) is 24.2 Å². The molecular weight excluding hydrogens is 386 g/mol. The molecule has 0 aromatic rings. The Morgan fingerprint density at radius 1 is 1.15 bits per heavy atom. The first kappa shape index (κ1) is 23.7. The molecule has 0 spiro atoms. The Morgan fingerprint density at radius 2 is 1.88 bits per heavy atom. The van der Waals surface area contributed by atoms with Crippen molar-refractivity contribution in [2.75, 3.05) is 19.8 Å². The van der Waals surface area contributed by atoms with Gasteiger partial charge in [0.05, 0.1) is 13.2 Å². The maximum atomic E-state index is 11.3. The minimum atomic E-state index is -5.08. The number of rotatable bonds is 11. The Bertz CT molecular complexity index is 576. The molecule has 0 aliphatic carbocycles. The lowest BCUT2D eigenvalue weighted by Crippen LogP contribution is -2.22. The van der Waals surface area contributed by atoms with Crippen molar-refractivity contribution in [2.45, 2.75) is 52.2 Å². The van der Waals surface area contributed by atoms with Crippen molar-refractivity contribution in [3.63, 3.8) is 0 Å². The zero-order chi connectivity index (χ0) is 19.6. The average molecular weight is 414 g/mol. The van der Waals surface area contributed by atoms with E-state index < -0.39 is 15.6 Å². The SMILES string of the molecule is C/C(=C\COP(=O)(O)OP(=O)(O)O)CC/C=C(\C)COC1CCCCO1. The molecule has 2 atom stereocenters. The second-order valence-electron chi connectivity index (χ2n) is 6.08. The predicted molar refractivity (Wildman–Crippen MR) is 95.2 cm³/mol. The highest BCUT2D eigenvalue weighted by atomic mass is 31.3. The van der Waals surface area contributed by atoms with Gasteiger partial charge in [0.15, 0.2) is 6.29 Å². The summed E-state index contributed by atoms with van der Waals surface area (Å²) in [6.45, 7) is 4.78. The Hall–Kier alpha value is -0.340. The van der Waals surface area contributed by atoms with Crippen LogP contribution in [-0.2, 0) is 27.4 Å². The minimum Gasteiger partial charge on any atom is -0.353 e. The van der Waals surface area contributed by atoms with Gasteiger partial charge in [0.25, 0.3) is 0 Å². The summed E-state index contributed by atoms with van der Waals surface area (Å²) < 4.78 is 41.1. The molecule has 2 unspecified atom stereocenters. The van der Waals surface area contributed by atoms with Gasteiger partial charge in [-0.3, -0.25) is 4.52 Å². The molecule has 0 bridgehead atoms. The van der Waals surface area contributed by atoms with Gasteiger partial charge in [-0.05, 0) is 46.0 Å². The molecule has 152 valence electrons. The lowest BCUT2D eigenvalue weighted by Gasteiger charge is -2.22.